The number of esters is 1. The van der Waals surface area contributed by atoms with E-state index < -0.39 is 37.0 Å². The number of rotatable bonds is 20. The largest absolute Gasteiger partial charge is 0.463 e. The van der Waals surface area contributed by atoms with Gasteiger partial charge in [-0.15, -0.1) is 0 Å². The number of aldehydes is 1. The molecule has 0 aromatic rings. The minimum absolute atomic E-state index is 0.0568. The first kappa shape index (κ1) is 28.0. The Morgan fingerprint density at radius 1 is 0.759 bits per heavy atom. The fourth-order valence-corrected chi connectivity index (χ4v) is 3.15. The standard InChI is InChI=1S/C22H42O7/c1-2-3-4-5-6-7-8-9-10-11-12-13-14-15-20(26)29-17-19(25)22(28)21(27)18(24)16-23/h16,18-19,21-22,24-25,27-28H,2-15,17H2,1H3/t18-,19+,21+,22-/m0/s1. The number of hydrogen-bond acceptors (Lipinski definition) is 7. The first-order valence-electron chi connectivity index (χ1n) is 11.3. The lowest BCUT2D eigenvalue weighted by atomic mass is 10.0. The summed E-state index contributed by atoms with van der Waals surface area (Å²) in [4.78, 5) is 22.0. The molecule has 7 heteroatoms. The number of carbonyl (C=O) groups is 2. The van der Waals surface area contributed by atoms with Gasteiger partial charge in [0, 0.05) is 6.42 Å². The van der Waals surface area contributed by atoms with Crippen molar-refractivity contribution in [2.75, 3.05) is 6.61 Å². The third-order valence-electron chi connectivity index (χ3n) is 5.13. The molecule has 0 unspecified atom stereocenters. The van der Waals surface area contributed by atoms with Gasteiger partial charge in [-0.3, -0.25) is 4.79 Å². The van der Waals surface area contributed by atoms with Crippen molar-refractivity contribution >= 4 is 12.3 Å². The predicted octanol–water partition coefficient (Wildman–Crippen LogP) is 2.65. The topological polar surface area (TPSA) is 124 Å². The van der Waals surface area contributed by atoms with E-state index in [1.54, 1.807) is 0 Å². The van der Waals surface area contributed by atoms with Gasteiger partial charge in [-0.1, -0.05) is 84.0 Å². The van der Waals surface area contributed by atoms with Crippen molar-refractivity contribution in [1.82, 2.24) is 0 Å². The summed E-state index contributed by atoms with van der Waals surface area (Å²) in [5, 5.41) is 37.8. The fourth-order valence-electron chi connectivity index (χ4n) is 3.15. The maximum Gasteiger partial charge on any atom is 0.305 e. The molecule has 0 aliphatic heterocycles. The number of carbonyl (C=O) groups excluding carboxylic acids is 2. The lowest BCUT2D eigenvalue weighted by Crippen LogP contribution is -2.46. The molecule has 0 aliphatic rings. The summed E-state index contributed by atoms with van der Waals surface area (Å²) in [6.45, 7) is 1.73. The molecule has 4 N–H and O–H groups in total. The molecule has 0 radical (unpaired) electrons. The third kappa shape index (κ3) is 15.5. The third-order valence-corrected chi connectivity index (χ3v) is 5.13. The van der Waals surface area contributed by atoms with Gasteiger partial charge in [0.2, 0.25) is 0 Å². The van der Waals surface area contributed by atoms with Crippen LogP contribution in [0.1, 0.15) is 96.8 Å². The Bertz CT molecular complexity index is 403. The zero-order chi connectivity index (χ0) is 21.9. The molecule has 172 valence electrons. The van der Waals surface area contributed by atoms with Crippen LogP contribution in [0.15, 0.2) is 0 Å². The number of aliphatic hydroxyl groups excluding tert-OH is 4. The molecule has 0 rings (SSSR count). The maximum absolute atomic E-state index is 11.6. The van der Waals surface area contributed by atoms with Crippen LogP contribution >= 0.6 is 0 Å². The van der Waals surface area contributed by atoms with Crippen LogP contribution in [0.4, 0.5) is 0 Å². The van der Waals surface area contributed by atoms with Crippen LogP contribution in [0.25, 0.3) is 0 Å². The molecule has 0 bridgehead atoms. The van der Waals surface area contributed by atoms with Crippen LogP contribution < -0.4 is 0 Å². The minimum Gasteiger partial charge on any atom is -0.463 e. The van der Waals surface area contributed by atoms with Gasteiger partial charge in [0.05, 0.1) is 0 Å². The van der Waals surface area contributed by atoms with E-state index in [0.717, 1.165) is 12.8 Å². The van der Waals surface area contributed by atoms with Crippen molar-refractivity contribution in [3.05, 3.63) is 0 Å². The molecule has 0 saturated carbocycles. The molecule has 7 nitrogen and oxygen atoms in total. The summed E-state index contributed by atoms with van der Waals surface area (Å²) in [6.07, 6.45) is 9.10. The van der Waals surface area contributed by atoms with Crippen LogP contribution in [0.5, 0.6) is 0 Å². The van der Waals surface area contributed by atoms with Crippen molar-refractivity contribution in [3.63, 3.8) is 0 Å². The minimum atomic E-state index is -1.83. The second kappa shape index (κ2) is 19.0. The van der Waals surface area contributed by atoms with Crippen LogP contribution in [-0.2, 0) is 14.3 Å². The molecule has 0 spiro atoms. The summed E-state index contributed by atoms with van der Waals surface area (Å²) >= 11 is 0. The number of unbranched alkanes of at least 4 members (excludes halogenated alkanes) is 12. The van der Waals surface area contributed by atoms with E-state index in [1.807, 2.05) is 0 Å². The molecule has 0 amide bonds. The summed E-state index contributed by atoms with van der Waals surface area (Å²) in [6, 6.07) is 0. The van der Waals surface area contributed by atoms with E-state index in [4.69, 9.17) is 9.84 Å². The zero-order valence-electron chi connectivity index (χ0n) is 18.0. The molecule has 0 heterocycles. The van der Waals surface area contributed by atoms with Gasteiger partial charge in [-0.2, -0.15) is 0 Å². The molecule has 0 saturated heterocycles. The zero-order valence-corrected chi connectivity index (χ0v) is 18.0. The van der Waals surface area contributed by atoms with E-state index in [0.29, 0.717) is 6.42 Å². The van der Waals surface area contributed by atoms with E-state index in [1.165, 1.54) is 64.2 Å². The van der Waals surface area contributed by atoms with Crippen molar-refractivity contribution in [2.45, 2.75) is 121 Å². The lowest BCUT2D eigenvalue weighted by Gasteiger charge is -2.23. The van der Waals surface area contributed by atoms with Crippen LogP contribution in [0.2, 0.25) is 0 Å². The SMILES string of the molecule is CCCCCCCCCCCCCCCC(=O)OC[C@@H](O)[C@H](O)[C@H](O)[C@@H](O)C=O. The van der Waals surface area contributed by atoms with E-state index in [-0.39, 0.29) is 12.7 Å². The molecule has 0 aliphatic carbocycles. The number of ether oxygens (including phenoxy) is 1. The van der Waals surface area contributed by atoms with Crippen LogP contribution in [0, 0.1) is 0 Å². The Morgan fingerprint density at radius 3 is 1.66 bits per heavy atom. The first-order chi connectivity index (χ1) is 13.9. The molecule has 0 fully saturated rings. The second-order valence-electron chi connectivity index (χ2n) is 7.85. The molecule has 0 aromatic carbocycles. The number of hydrogen-bond donors (Lipinski definition) is 4. The average Bonchev–Trinajstić information content (AvgIpc) is 2.73. The fraction of sp³-hybridized carbons (Fsp3) is 0.909. The monoisotopic (exact) mass is 418 g/mol. The van der Waals surface area contributed by atoms with Gasteiger partial charge in [-0.05, 0) is 6.42 Å². The van der Waals surface area contributed by atoms with Crippen molar-refractivity contribution in [1.29, 1.82) is 0 Å². The molecular weight excluding hydrogens is 376 g/mol. The highest BCUT2D eigenvalue weighted by molar-refractivity contribution is 5.69. The Kier molecular flexibility index (Phi) is 18.3. The second-order valence-corrected chi connectivity index (χ2v) is 7.85. The van der Waals surface area contributed by atoms with Gasteiger partial charge < -0.3 is 30.0 Å². The maximum atomic E-state index is 11.6. The van der Waals surface area contributed by atoms with Gasteiger partial charge in [0.15, 0.2) is 6.29 Å². The van der Waals surface area contributed by atoms with Crippen LogP contribution in [-0.4, -0.2) is 63.7 Å². The van der Waals surface area contributed by atoms with Crippen molar-refractivity contribution < 1.29 is 34.8 Å². The Hall–Kier alpha value is -1.02. The molecule has 4 atom stereocenters. The summed E-state index contributed by atoms with van der Waals surface area (Å²) in [5.74, 6) is -0.482. The average molecular weight is 419 g/mol. The first-order valence-corrected chi connectivity index (χ1v) is 11.3. The predicted molar refractivity (Wildman–Crippen MR) is 111 cm³/mol. The smallest absolute Gasteiger partial charge is 0.305 e. The number of aliphatic hydroxyl groups is 4. The summed E-state index contributed by atoms with van der Waals surface area (Å²) < 4.78 is 4.87. The highest BCUT2D eigenvalue weighted by Crippen LogP contribution is 2.13. The van der Waals surface area contributed by atoms with Gasteiger partial charge >= 0.3 is 5.97 Å². The normalized spacial score (nSPS) is 15.5. The Balaban J connectivity index is 3.53. The van der Waals surface area contributed by atoms with Gasteiger partial charge in [0.1, 0.15) is 31.0 Å². The molecule has 29 heavy (non-hydrogen) atoms. The lowest BCUT2D eigenvalue weighted by molar-refractivity contribution is -0.156. The van der Waals surface area contributed by atoms with E-state index in [9.17, 15) is 24.9 Å². The Morgan fingerprint density at radius 2 is 1.21 bits per heavy atom. The quantitative estimate of drug-likeness (QED) is 0.136. The Labute approximate surface area is 175 Å². The summed E-state index contributed by atoms with van der Waals surface area (Å²) in [7, 11) is 0. The summed E-state index contributed by atoms with van der Waals surface area (Å²) in [5.41, 5.74) is 0. The van der Waals surface area contributed by atoms with Gasteiger partial charge in [0.25, 0.3) is 0 Å². The van der Waals surface area contributed by atoms with Crippen molar-refractivity contribution in [3.8, 4) is 0 Å². The van der Waals surface area contributed by atoms with Crippen LogP contribution in [0.3, 0.4) is 0 Å². The molecule has 0 aromatic heterocycles. The highest BCUT2D eigenvalue weighted by Gasteiger charge is 2.30. The van der Waals surface area contributed by atoms with Crippen molar-refractivity contribution in [2.24, 2.45) is 0 Å². The highest BCUT2D eigenvalue weighted by atomic mass is 16.5. The molecular formula is C22H42O7. The van der Waals surface area contributed by atoms with E-state index >= 15 is 0 Å². The van der Waals surface area contributed by atoms with Gasteiger partial charge in [-0.25, -0.2) is 0 Å². The van der Waals surface area contributed by atoms with E-state index in [2.05, 4.69) is 6.92 Å².